The van der Waals surface area contributed by atoms with Crippen molar-refractivity contribution in [3.05, 3.63) is 58.1 Å². The van der Waals surface area contributed by atoms with Crippen LogP contribution in [-0.2, 0) is 9.59 Å². The lowest BCUT2D eigenvalue weighted by molar-refractivity contribution is -0.139. The fraction of sp³-hybridized carbons (Fsp3) is 0.261. The monoisotopic (exact) mass is 489 g/mol. The molecule has 1 N–H and O–H groups in total. The minimum Gasteiger partial charge on any atom is -0.497 e. The number of carboxylic acid groups (broad SMARTS) is 1. The van der Waals surface area contributed by atoms with Crippen molar-refractivity contribution in [2.24, 2.45) is 10.9 Å². The van der Waals surface area contributed by atoms with Crippen LogP contribution < -0.4 is 14.2 Å². The molecule has 1 atom stereocenters. The van der Waals surface area contributed by atoms with Crippen molar-refractivity contribution in [1.29, 1.82) is 0 Å². The molecule has 0 bridgehead atoms. The maximum Gasteiger partial charge on any atom is 0.336 e. The van der Waals surface area contributed by atoms with Gasteiger partial charge in [-0.15, -0.1) is 0 Å². The Morgan fingerprint density at radius 1 is 1.06 bits per heavy atom. The van der Waals surface area contributed by atoms with E-state index in [4.69, 9.17) is 14.2 Å². The van der Waals surface area contributed by atoms with Crippen LogP contribution in [0.15, 0.2) is 51.9 Å². The molecule has 0 radical (unpaired) electrons. The number of halogens is 1. The molecule has 2 rings (SSSR count). The first-order valence-corrected chi connectivity index (χ1v) is 10.2. The van der Waals surface area contributed by atoms with Crippen molar-refractivity contribution in [2.45, 2.75) is 19.9 Å². The molecule has 7 nitrogen and oxygen atoms in total. The number of rotatable bonds is 9. The van der Waals surface area contributed by atoms with Crippen LogP contribution in [0.1, 0.15) is 25.0 Å². The van der Waals surface area contributed by atoms with E-state index in [2.05, 4.69) is 20.9 Å². The van der Waals surface area contributed by atoms with Gasteiger partial charge in [-0.2, -0.15) is 0 Å². The van der Waals surface area contributed by atoms with Crippen LogP contribution >= 0.6 is 15.9 Å². The quantitative estimate of drug-likeness (QED) is 0.239. The Morgan fingerprint density at radius 2 is 1.74 bits per heavy atom. The van der Waals surface area contributed by atoms with Crippen LogP contribution in [0, 0.1) is 5.92 Å². The Bertz CT molecular complexity index is 982. The molecule has 2 aromatic carbocycles. The average molecular weight is 490 g/mol. The maximum atomic E-state index is 12.3. The second-order valence-electron chi connectivity index (χ2n) is 6.87. The zero-order chi connectivity index (χ0) is 23.0. The van der Waals surface area contributed by atoms with Crippen molar-refractivity contribution in [3.63, 3.8) is 0 Å². The Kier molecular flexibility index (Phi) is 8.81. The molecule has 0 fully saturated rings. The molecule has 164 valence electrons. The number of carbonyl (C=O) groups is 2. The predicted molar refractivity (Wildman–Crippen MR) is 122 cm³/mol. The van der Waals surface area contributed by atoms with Gasteiger partial charge in [0.05, 0.1) is 18.7 Å². The van der Waals surface area contributed by atoms with Crippen LogP contribution in [0.25, 0.3) is 6.08 Å². The van der Waals surface area contributed by atoms with Gasteiger partial charge in [-0.3, -0.25) is 4.99 Å². The Morgan fingerprint density at radius 3 is 2.29 bits per heavy atom. The Labute approximate surface area is 189 Å². The fourth-order valence-electron chi connectivity index (χ4n) is 2.61. The van der Waals surface area contributed by atoms with E-state index in [9.17, 15) is 14.7 Å². The highest BCUT2D eigenvalue weighted by Gasteiger charge is 2.20. The van der Waals surface area contributed by atoms with E-state index in [0.29, 0.717) is 15.8 Å². The molecule has 0 saturated carbocycles. The Hall–Kier alpha value is -3.13. The summed E-state index contributed by atoms with van der Waals surface area (Å²) in [6, 6.07) is 9.64. The molecule has 0 spiro atoms. The summed E-state index contributed by atoms with van der Waals surface area (Å²) in [5, 5.41) is 9.26. The first kappa shape index (κ1) is 24.1. The summed E-state index contributed by atoms with van der Waals surface area (Å²) >= 11 is 3.37. The largest absolute Gasteiger partial charge is 0.497 e. The fourth-order valence-corrected chi connectivity index (χ4v) is 3.16. The minimum atomic E-state index is -0.994. The van der Waals surface area contributed by atoms with E-state index in [0.717, 1.165) is 11.3 Å². The third-order valence-corrected chi connectivity index (χ3v) is 4.84. The first-order valence-electron chi connectivity index (χ1n) is 9.42. The van der Waals surface area contributed by atoms with Gasteiger partial charge in [0.1, 0.15) is 11.8 Å². The van der Waals surface area contributed by atoms with Crippen molar-refractivity contribution in [1.82, 2.24) is 0 Å². The Balaban J connectivity index is 2.18. The summed E-state index contributed by atoms with van der Waals surface area (Å²) in [6.07, 6.45) is 4.39. The molecular weight excluding hydrogens is 466 g/mol. The second-order valence-corrected chi connectivity index (χ2v) is 7.72. The van der Waals surface area contributed by atoms with Crippen molar-refractivity contribution in [2.75, 3.05) is 14.2 Å². The normalized spacial score (nSPS) is 12.3. The standard InChI is InChI=1S/C23H24BrNO6/c1-14(2)21(23(27)28)25-13-16-11-18(24)22(19(12-16)30-4)31-20(26)10-7-15-5-8-17(29-3)9-6-15/h5-14,21H,1-4H3,(H,27,28)/b10-7+,25-13?. The third-order valence-electron chi connectivity index (χ3n) is 4.25. The smallest absolute Gasteiger partial charge is 0.336 e. The zero-order valence-corrected chi connectivity index (χ0v) is 19.3. The van der Waals surface area contributed by atoms with Crippen LogP contribution in [-0.4, -0.2) is 43.5 Å². The highest BCUT2D eigenvalue weighted by molar-refractivity contribution is 9.10. The topological polar surface area (TPSA) is 94.4 Å². The molecule has 0 aliphatic carbocycles. The van der Waals surface area contributed by atoms with E-state index in [1.165, 1.54) is 19.4 Å². The van der Waals surface area contributed by atoms with Gasteiger partial charge in [-0.1, -0.05) is 26.0 Å². The van der Waals surface area contributed by atoms with Gasteiger partial charge in [-0.05, 0) is 63.3 Å². The van der Waals surface area contributed by atoms with Crippen molar-refractivity contribution >= 4 is 40.2 Å². The number of esters is 1. The van der Waals surface area contributed by atoms with Gasteiger partial charge in [0, 0.05) is 12.3 Å². The highest BCUT2D eigenvalue weighted by atomic mass is 79.9. The molecular formula is C23H24BrNO6. The summed E-state index contributed by atoms with van der Waals surface area (Å²) in [6.45, 7) is 3.57. The molecule has 0 aromatic heterocycles. The van der Waals surface area contributed by atoms with Crippen LogP contribution in [0.5, 0.6) is 17.2 Å². The predicted octanol–water partition coefficient (Wildman–Crippen LogP) is 4.61. The first-order chi connectivity index (χ1) is 14.7. The van der Waals surface area contributed by atoms with Crippen LogP contribution in [0.3, 0.4) is 0 Å². The molecule has 2 aromatic rings. The number of aliphatic imine (C=N–C) groups is 1. The summed E-state index contributed by atoms with van der Waals surface area (Å²) in [5.74, 6) is -0.494. The summed E-state index contributed by atoms with van der Waals surface area (Å²) < 4.78 is 16.3. The van der Waals surface area contributed by atoms with Gasteiger partial charge in [-0.25, -0.2) is 9.59 Å². The van der Waals surface area contributed by atoms with E-state index in [1.807, 2.05) is 12.1 Å². The lowest BCUT2D eigenvalue weighted by atomic mass is 10.1. The summed E-state index contributed by atoms with van der Waals surface area (Å²) in [7, 11) is 3.03. The summed E-state index contributed by atoms with van der Waals surface area (Å²) in [4.78, 5) is 27.7. The number of hydrogen-bond acceptors (Lipinski definition) is 6. The molecule has 31 heavy (non-hydrogen) atoms. The number of aliphatic carboxylic acids is 1. The van der Waals surface area contributed by atoms with Crippen LogP contribution in [0.2, 0.25) is 0 Å². The molecule has 0 heterocycles. The van der Waals surface area contributed by atoms with Crippen LogP contribution in [0.4, 0.5) is 0 Å². The van der Waals surface area contributed by atoms with Gasteiger partial charge in [0.2, 0.25) is 0 Å². The number of nitrogens with zero attached hydrogens (tertiary/aromatic N) is 1. The van der Waals surface area contributed by atoms with E-state index in [1.54, 1.807) is 51.3 Å². The van der Waals surface area contributed by atoms with E-state index in [-0.39, 0.29) is 11.7 Å². The molecule has 0 aliphatic rings. The molecule has 0 aliphatic heterocycles. The minimum absolute atomic E-state index is 0.156. The van der Waals surface area contributed by atoms with Gasteiger partial charge >= 0.3 is 11.9 Å². The molecule has 0 amide bonds. The molecule has 8 heteroatoms. The second kappa shape index (κ2) is 11.3. The lowest BCUT2D eigenvalue weighted by Crippen LogP contribution is -2.24. The summed E-state index contributed by atoms with van der Waals surface area (Å²) in [5.41, 5.74) is 1.41. The van der Waals surface area contributed by atoms with Crippen molar-refractivity contribution in [3.8, 4) is 17.2 Å². The van der Waals surface area contributed by atoms with Crippen molar-refractivity contribution < 1.29 is 28.9 Å². The van der Waals surface area contributed by atoms with E-state index >= 15 is 0 Å². The zero-order valence-electron chi connectivity index (χ0n) is 17.7. The number of hydrogen-bond donors (Lipinski definition) is 1. The number of carbonyl (C=O) groups excluding carboxylic acids is 1. The number of carboxylic acids is 1. The highest BCUT2D eigenvalue weighted by Crippen LogP contribution is 2.36. The maximum absolute atomic E-state index is 12.3. The molecule has 0 saturated heterocycles. The van der Waals surface area contributed by atoms with Gasteiger partial charge in [0.15, 0.2) is 11.5 Å². The van der Waals surface area contributed by atoms with Gasteiger partial charge in [0.25, 0.3) is 0 Å². The number of benzene rings is 2. The SMILES string of the molecule is COc1ccc(/C=C/C(=O)Oc2c(Br)cc(C=NC(C(=O)O)C(C)C)cc2OC)cc1. The molecule has 1 unspecified atom stereocenters. The lowest BCUT2D eigenvalue weighted by Gasteiger charge is -2.12. The van der Waals surface area contributed by atoms with E-state index < -0.39 is 18.0 Å². The third kappa shape index (κ3) is 6.96. The van der Waals surface area contributed by atoms with Gasteiger partial charge < -0.3 is 19.3 Å². The number of methoxy groups -OCH3 is 2. The number of ether oxygens (including phenoxy) is 3. The average Bonchev–Trinajstić information content (AvgIpc) is 2.73.